The van der Waals surface area contributed by atoms with Crippen LogP contribution >= 0.6 is 0 Å². The number of hydrogen-bond donors (Lipinski definition) is 3. The number of unbranched alkanes of at least 4 members (excludes halogenated alkanes) is 42. The first-order valence-corrected chi connectivity index (χ1v) is 30.6. The third-order valence-electron chi connectivity index (χ3n) is 14.2. The second-order valence-electron chi connectivity index (χ2n) is 21.0. The Labute approximate surface area is 424 Å². The maximum Gasteiger partial charge on any atom is 0.305 e. The molecule has 0 aliphatic carbocycles. The summed E-state index contributed by atoms with van der Waals surface area (Å²) in [6.45, 7) is 4.95. The summed E-state index contributed by atoms with van der Waals surface area (Å²) in [5.41, 5.74) is 0. The fraction of sp³-hybridized carbons (Fsp3) is 0.903. The van der Waals surface area contributed by atoms with E-state index in [1.807, 2.05) is 0 Å². The van der Waals surface area contributed by atoms with Gasteiger partial charge in [0.25, 0.3) is 0 Å². The third-order valence-corrected chi connectivity index (χ3v) is 14.2. The van der Waals surface area contributed by atoms with Crippen LogP contribution in [0.2, 0.25) is 0 Å². The molecule has 1 amide bonds. The molecule has 0 rings (SSSR count). The zero-order valence-electron chi connectivity index (χ0n) is 45.9. The van der Waals surface area contributed by atoms with Gasteiger partial charge in [-0.05, 0) is 77.0 Å². The number of hydrogen-bond acceptors (Lipinski definition) is 5. The van der Waals surface area contributed by atoms with Crippen LogP contribution in [0.1, 0.15) is 335 Å². The van der Waals surface area contributed by atoms with Crippen LogP contribution in [-0.2, 0) is 14.3 Å². The molecule has 0 aliphatic heterocycles. The molecule has 0 saturated carbocycles. The van der Waals surface area contributed by atoms with Gasteiger partial charge in [0.1, 0.15) is 0 Å². The second-order valence-corrected chi connectivity index (χ2v) is 21.0. The molecular weight excluding hydrogens is 839 g/mol. The minimum absolute atomic E-state index is 0.00533. The van der Waals surface area contributed by atoms with Crippen LogP contribution in [0.15, 0.2) is 24.3 Å². The molecule has 0 radical (unpaired) electrons. The zero-order valence-corrected chi connectivity index (χ0v) is 45.9. The van der Waals surface area contributed by atoms with Crippen molar-refractivity contribution >= 4 is 11.9 Å². The van der Waals surface area contributed by atoms with Crippen LogP contribution in [0.25, 0.3) is 0 Å². The van der Waals surface area contributed by atoms with Crippen molar-refractivity contribution in [3.8, 4) is 0 Å². The Bertz CT molecular complexity index is 1060. The predicted octanol–water partition coefficient (Wildman–Crippen LogP) is 19.0. The number of aliphatic hydroxyl groups excluding tert-OH is 2. The number of carbonyl (C=O) groups is 2. The average molecular weight is 959 g/mol. The molecule has 0 saturated heterocycles. The molecule has 0 aromatic rings. The van der Waals surface area contributed by atoms with Gasteiger partial charge in [0.2, 0.25) is 5.91 Å². The molecule has 3 N–H and O–H groups in total. The van der Waals surface area contributed by atoms with E-state index in [-0.39, 0.29) is 18.5 Å². The highest BCUT2D eigenvalue weighted by Crippen LogP contribution is 2.17. The highest BCUT2D eigenvalue weighted by Gasteiger charge is 2.20. The molecule has 0 spiro atoms. The minimum atomic E-state index is -0.665. The van der Waals surface area contributed by atoms with E-state index in [0.717, 1.165) is 44.9 Å². The molecule has 6 nitrogen and oxygen atoms in total. The van der Waals surface area contributed by atoms with Crippen molar-refractivity contribution in [1.29, 1.82) is 0 Å². The number of aliphatic hydroxyl groups is 2. The number of carbonyl (C=O) groups excluding carboxylic acids is 2. The topological polar surface area (TPSA) is 95.9 Å². The molecule has 2 atom stereocenters. The fourth-order valence-corrected chi connectivity index (χ4v) is 9.51. The number of rotatable bonds is 57. The molecule has 0 fully saturated rings. The fourth-order valence-electron chi connectivity index (χ4n) is 9.51. The summed E-state index contributed by atoms with van der Waals surface area (Å²) in [6.07, 6.45) is 70.5. The van der Waals surface area contributed by atoms with E-state index in [4.69, 9.17) is 4.74 Å². The van der Waals surface area contributed by atoms with Crippen LogP contribution in [-0.4, -0.2) is 47.4 Å². The lowest BCUT2D eigenvalue weighted by atomic mass is 10.0. The van der Waals surface area contributed by atoms with Crippen molar-refractivity contribution < 1.29 is 24.5 Å². The summed E-state index contributed by atoms with van der Waals surface area (Å²) < 4.78 is 5.48. The molecule has 0 aliphatic rings. The number of allylic oxidation sites excluding steroid dienone is 4. The maximum absolute atomic E-state index is 12.4. The summed E-state index contributed by atoms with van der Waals surface area (Å²) >= 11 is 0. The largest absolute Gasteiger partial charge is 0.466 e. The van der Waals surface area contributed by atoms with E-state index in [2.05, 4.69) is 43.5 Å². The first-order chi connectivity index (χ1) is 33.5. The van der Waals surface area contributed by atoms with Crippen LogP contribution in [0, 0.1) is 0 Å². The molecule has 0 bridgehead atoms. The first kappa shape index (κ1) is 66.3. The smallest absolute Gasteiger partial charge is 0.305 e. The van der Waals surface area contributed by atoms with Crippen molar-refractivity contribution in [3.63, 3.8) is 0 Å². The Morgan fingerprint density at radius 1 is 0.397 bits per heavy atom. The van der Waals surface area contributed by atoms with Gasteiger partial charge in [-0.3, -0.25) is 9.59 Å². The molecule has 0 aromatic carbocycles. The van der Waals surface area contributed by atoms with Gasteiger partial charge in [0.15, 0.2) is 0 Å². The van der Waals surface area contributed by atoms with Gasteiger partial charge in [-0.15, -0.1) is 0 Å². The lowest BCUT2D eigenvalue weighted by molar-refractivity contribution is -0.143. The molecule has 402 valence electrons. The lowest BCUT2D eigenvalue weighted by Gasteiger charge is -2.22. The van der Waals surface area contributed by atoms with Gasteiger partial charge in [-0.1, -0.05) is 269 Å². The highest BCUT2D eigenvalue weighted by atomic mass is 16.5. The van der Waals surface area contributed by atoms with Gasteiger partial charge in [0.05, 0.1) is 25.4 Å². The van der Waals surface area contributed by atoms with E-state index in [1.54, 1.807) is 0 Å². The quantitative estimate of drug-likeness (QED) is 0.0321. The first-order valence-electron chi connectivity index (χ1n) is 30.6. The zero-order chi connectivity index (χ0) is 49.3. The Hall–Kier alpha value is -1.66. The van der Waals surface area contributed by atoms with Crippen molar-refractivity contribution in [2.75, 3.05) is 13.2 Å². The molecular formula is C62H119NO5. The number of nitrogens with one attached hydrogen (secondary N) is 1. The van der Waals surface area contributed by atoms with E-state index in [1.165, 1.54) is 257 Å². The third kappa shape index (κ3) is 53.7. The SMILES string of the molecule is CCCCCCCCC/C=C\CCCCCCCC(=O)OCCCCCCCCCCCCCC/C=C\CCCCCCCCCCC(=O)NC(CO)C(O)CCCCCCCCCCCCC. The van der Waals surface area contributed by atoms with Crippen LogP contribution in [0.3, 0.4) is 0 Å². The summed E-state index contributed by atoms with van der Waals surface area (Å²) in [4.78, 5) is 24.5. The van der Waals surface area contributed by atoms with Crippen molar-refractivity contribution in [2.45, 2.75) is 347 Å². The van der Waals surface area contributed by atoms with Gasteiger partial charge < -0.3 is 20.3 Å². The van der Waals surface area contributed by atoms with E-state index in [9.17, 15) is 19.8 Å². The molecule has 0 heterocycles. The molecule has 0 aromatic heterocycles. The van der Waals surface area contributed by atoms with Gasteiger partial charge in [-0.25, -0.2) is 0 Å². The highest BCUT2D eigenvalue weighted by molar-refractivity contribution is 5.76. The Morgan fingerprint density at radius 2 is 0.691 bits per heavy atom. The molecule has 68 heavy (non-hydrogen) atoms. The summed E-state index contributed by atoms with van der Waals surface area (Å²) in [6, 6.07) is -0.543. The normalized spacial score (nSPS) is 12.7. The van der Waals surface area contributed by atoms with Crippen LogP contribution in [0.5, 0.6) is 0 Å². The van der Waals surface area contributed by atoms with Crippen LogP contribution in [0.4, 0.5) is 0 Å². The van der Waals surface area contributed by atoms with Crippen molar-refractivity contribution in [3.05, 3.63) is 24.3 Å². The van der Waals surface area contributed by atoms with Gasteiger partial charge in [0, 0.05) is 12.8 Å². The monoisotopic (exact) mass is 958 g/mol. The van der Waals surface area contributed by atoms with E-state index < -0.39 is 12.1 Å². The Morgan fingerprint density at radius 3 is 1.04 bits per heavy atom. The Balaban J connectivity index is 3.38. The van der Waals surface area contributed by atoms with E-state index >= 15 is 0 Å². The maximum atomic E-state index is 12.4. The van der Waals surface area contributed by atoms with E-state index in [0.29, 0.717) is 25.9 Å². The molecule has 6 heteroatoms. The molecule has 2 unspecified atom stereocenters. The van der Waals surface area contributed by atoms with Crippen molar-refractivity contribution in [1.82, 2.24) is 5.32 Å². The summed E-state index contributed by atoms with van der Waals surface area (Å²) in [7, 11) is 0. The number of ether oxygens (including phenoxy) is 1. The second kappa shape index (κ2) is 57.9. The lowest BCUT2D eigenvalue weighted by Crippen LogP contribution is -2.45. The summed E-state index contributed by atoms with van der Waals surface area (Å²) in [5.74, 6) is -0.0345. The standard InChI is InChI=1S/C62H119NO5/c1-3-5-7-9-11-13-15-16-17-29-32-36-40-44-48-52-56-62(67)68-57-53-49-45-41-37-33-30-27-25-23-21-19-18-20-22-24-26-28-31-35-39-43-47-51-55-61(66)63-59(58-64)60(65)54-50-46-42-38-34-14-12-10-8-6-4-2/h17,20,22,29,59-60,64-65H,3-16,18-19,21,23-28,30-58H2,1-2H3,(H,63,66)/b22-20-,29-17-. The Kier molecular flexibility index (Phi) is 56.5. The summed E-state index contributed by atoms with van der Waals surface area (Å²) in [5, 5.41) is 23.2. The average Bonchev–Trinajstić information content (AvgIpc) is 3.34. The number of amides is 1. The van der Waals surface area contributed by atoms with Gasteiger partial charge >= 0.3 is 5.97 Å². The predicted molar refractivity (Wildman–Crippen MR) is 296 cm³/mol. The minimum Gasteiger partial charge on any atom is -0.466 e. The van der Waals surface area contributed by atoms with Crippen molar-refractivity contribution in [2.24, 2.45) is 0 Å². The van der Waals surface area contributed by atoms with Gasteiger partial charge in [-0.2, -0.15) is 0 Å². The number of esters is 1. The van der Waals surface area contributed by atoms with Crippen LogP contribution < -0.4 is 5.32 Å².